The molecule has 0 aliphatic carbocycles. The molecule has 0 saturated carbocycles. The number of amides is 1. The van der Waals surface area contributed by atoms with Crippen LogP contribution in [0.1, 0.15) is 23.6 Å². The molecule has 0 radical (unpaired) electrons. The molecule has 0 atom stereocenters. The summed E-state index contributed by atoms with van der Waals surface area (Å²) >= 11 is 0. The molecule has 0 fully saturated rings. The average molecular weight is 249 g/mol. The van der Waals surface area contributed by atoms with E-state index in [9.17, 15) is 4.79 Å². The van der Waals surface area contributed by atoms with Crippen LogP contribution in [0.4, 0.5) is 0 Å². The number of nitrogens with one attached hydrogen (secondary N) is 1. The van der Waals surface area contributed by atoms with Crippen LogP contribution in [-0.2, 0) is 11.3 Å². The standard InChI is InChI=1S/C17H15NO/c1-14(19)18-13-17-11-9-16(10-12-17)8-7-15-5-3-2-4-6-15/h2-6,9-12H,13H2,1H3,(H,18,19). The molecule has 0 spiro atoms. The van der Waals surface area contributed by atoms with Crippen LogP contribution < -0.4 is 5.32 Å². The molecular weight excluding hydrogens is 234 g/mol. The lowest BCUT2D eigenvalue weighted by molar-refractivity contribution is -0.119. The molecule has 2 rings (SSSR count). The van der Waals surface area contributed by atoms with E-state index in [1.807, 2.05) is 54.6 Å². The van der Waals surface area contributed by atoms with Gasteiger partial charge >= 0.3 is 0 Å². The average Bonchev–Trinajstić information content (AvgIpc) is 2.45. The fourth-order valence-corrected chi connectivity index (χ4v) is 1.60. The Morgan fingerprint density at radius 3 is 2.11 bits per heavy atom. The summed E-state index contributed by atoms with van der Waals surface area (Å²) in [4.78, 5) is 10.8. The second kappa shape index (κ2) is 6.42. The van der Waals surface area contributed by atoms with Gasteiger partial charge in [-0.1, -0.05) is 42.2 Å². The second-order valence-corrected chi connectivity index (χ2v) is 4.22. The highest BCUT2D eigenvalue weighted by molar-refractivity contribution is 5.72. The van der Waals surface area contributed by atoms with Gasteiger partial charge in [-0.3, -0.25) is 4.79 Å². The summed E-state index contributed by atoms with van der Waals surface area (Å²) in [7, 11) is 0. The molecule has 19 heavy (non-hydrogen) atoms. The van der Waals surface area contributed by atoms with Crippen molar-refractivity contribution in [2.24, 2.45) is 0 Å². The van der Waals surface area contributed by atoms with Crippen LogP contribution in [0.3, 0.4) is 0 Å². The summed E-state index contributed by atoms with van der Waals surface area (Å²) in [6, 6.07) is 17.8. The topological polar surface area (TPSA) is 29.1 Å². The maximum atomic E-state index is 10.8. The fourth-order valence-electron chi connectivity index (χ4n) is 1.60. The Morgan fingerprint density at radius 2 is 1.53 bits per heavy atom. The van der Waals surface area contributed by atoms with E-state index in [1.165, 1.54) is 6.92 Å². The Kier molecular flexibility index (Phi) is 4.36. The smallest absolute Gasteiger partial charge is 0.217 e. The Morgan fingerprint density at radius 1 is 0.947 bits per heavy atom. The van der Waals surface area contributed by atoms with Gasteiger partial charge in [0.25, 0.3) is 0 Å². The van der Waals surface area contributed by atoms with Gasteiger partial charge in [0, 0.05) is 24.6 Å². The van der Waals surface area contributed by atoms with Gasteiger partial charge < -0.3 is 5.32 Å². The minimum absolute atomic E-state index is 0.0204. The first kappa shape index (κ1) is 12.9. The van der Waals surface area contributed by atoms with Crippen molar-refractivity contribution < 1.29 is 4.79 Å². The fraction of sp³-hybridized carbons (Fsp3) is 0.118. The summed E-state index contributed by atoms with van der Waals surface area (Å²) in [6.07, 6.45) is 0. The lowest BCUT2D eigenvalue weighted by Gasteiger charge is -2.01. The molecule has 0 aliphatic heterocycles. The summed E-state index contributed by atoms with van der Waals surface area (Å²) in [5, 5.41) is 2.76. The first-order valence-electron chi connectivity index (χ1n) is 6.14. The molecule has 2 aromatic carbocycles. The molecule has 0 bridgehead atoms. The van der Waals surface area contributed by atoms with E-state index in [0.717, 1.165) is 16.7 Å². The second-order valence-electron chi connectivity index (χ2n) is 4.22. The monoisotopic (exact) mass is 249 g/mol. The van der Waals surface area contributed by atoms with Crippen molar-refractivity contribution in [3.05, 3.63) is 71.3 Å². The van der Waals surface area contributed by atoms with Crippen LogP contribution in [0, 0.1) is 11.8 Å². The van der Waals surface area contributed by atoms with Crippen LogP contribution >= 0.6 is 0 Å². The third-order valence-electron chi connectivity index (χ3n) is 2.62. The van der Waals surface area contributed by atoms with E-state index in [-0.39, 0.29) is 5.91 Å². The van der Waals surface area contributed by atoms with Gasteiger partial charge in [0.2, 0.25) is 5.91 Å². The predicted octanol–water partition coefficient (Wildman–Crippen LogP) is 2.72. The molecule has 0 unspecified atom stereocenters. The van der Waals surface area contributed by atoms with Gasteiger partial charge in [-0.15, -0.1) is 0 Å². The van der Waals surface area contributed by atoms with E-state index in [0.29, 0.717) is 6.54 Å². The Bertz CT molecular complexity index is 603. The molecule has 0 saturated heterocycles. The zero-order chi connectivity index (χ0) is 13.5. The summed E-state index contributed by atoms with van der Waals surface area (Å²) in [6.45, 7) is 2.07. The van der Waals surface area contributed by atoms with Crippen molar-refractivity contribution in [1.82, 2.24) is 5.32 Å². The molecule has 2 nitrogen and oxygen atoms in total. The molecule has 2 aromatic rings. The van der Waals surface area contributed by atoms with Gasteiger partial charge in [-0.2, -0.15) is 0 Å². The highest BCUT2D eigenvalue weighted by Gasteiger charge is 1.94. The van der Waals surface area contributed by atoms with Gasteiger partial charge in [-0.25, -0.2) is 0 Å². The molecule has 0 heterocycles. The highest BCUT2D eigenvalue weighted by atomic mass is 16.1. The van der Waals surface area contributed by atoms with E-state index in [1.54, 1.807) is 0 Å². The number of hydrogen-bond acceptors (Lipinski definition) is 1. The molecule has 1 N–H and O–H groups in total. The normalized spacial score (nSPS) is 9.32. The minimum atomic E-state index is -0.0204. The molecule has 2 heteroatoms. The zero-order valence-electron chi connectivity index (χ0n) is 10.8. The lowest BCUT2D eigenvalue weighted by Crippen LogP contribution is -2.18. The predicted molar refractivity (Wildman–Crippen MR) is 76.4 cm³/mol. The Labute approximate surface area is 113 Å². The summed E-state index contributed by atoms with van der Waals surface area (Å²) < 4.78 is 0. The van der Waals surface area contributed by atoms with Crippen molar-refractivity contribution >= 4 is 5.91 Å². The SMILES string of the molecule is CC(=O)NCc1ccc(C#Cc2ccccc2)cc1. The van der Waals surface area contributed by atoms with E-state index < -0.39 is 0 Å². The molecule has 1 amide bonds. The van der Waals surface area contributed by atoms with Crippen molar-refractivity contribution in [3.63, 3.8) is 0 Å². The third kappa shape index (κ3) is 4.33. The van der Waals surface area contributed by atoms with Gasteiger partial charge in [0.15, 0.2) is 0 Å². The molecule has 94 valence electrons. The summed E-state index contributed by atoms with van der Waals surface area (Å²) in [5.74, 6) is 6.21. The van der Waals surface area contributed by atoms with Crippen molar-refractivity contribution in [2.75, 3.05) is 0 Å². The van der Waals surface area contributed by atoms with Crippen LogP contribution in [0.15, 0.2) is 54.6 Å². The largest absolute Gasteiger partial charge is 0.352 e. The third-order valence-corrected chi connectivity index (χ3v) is 2.62. The first-order chi connectivity index (χ1) is 9.24. The van der Waals surface area contributed by atoms with Gasteiger partial charge in [-0.05, 0) is 29.8 Å². The number of hydrogen-bond donors (Lipinski definition) is 1. The Balaban J connectivity index is 2.03. The maximum absolute atomic E-state index is 10.8. The van der Waals surface area contributed by atoms with Crippen molar-refractivity contribution in [2.45, 2.75) is 13.5 Å². The highest BCUT2D eigenvalue weighted by Crippen LogP contribution is 2.04. The van der Waals surface area contributed by atoms with Crippen LogP contribution in [0.2, 0.25) is 0 Å². The van der Waals surface area contributed by atoms with Crippen LogP contribution in [0.25, 0.3) is 0 Å². The van der Waals surface area contributed by atoms with Gasteiger partial charge in [0.1, 0.15) is 0 Å². The number of carbonyl (C=O) groups excluding carboxylic acids is 1. The van der Waals surface area contributed by atoms with E-state index in [4.69, 9.17) is 0 Å². The molecule has 0 aliphatic rings. The molecule has 0 aromatic heterocycles. The zero-order valence-corrected chi connectivity index (χ0v) is 10.8. The van der Waals surface area contributed by atoms with Gasteiger partial charge in [0.05, 0.1) is 0 Å². The van der Waals surface area contributed by atoms with Crippen molar-refractivity contribution in [1.29, 1.82) is 0 Å². The maximum Gasteiger partial charge on any atom is 0.217 e. The molecular formula is C17H15NO. The van der Waals surface area contributed by atoms with Crippen molar-refractivity contribution in [3.8, 4) is 11.8 Å². The quantitative estimate of drug-likeness (QED) is 0.815. The number of carbonyl (C=O) groups is 1. The number of rotatable bonds is 2. The first-order valence-corrected chi connectivity index (χ1v) is 6.14. The number of benzene rings is 2. The minimum Gasteiger partial charge on any atom is -0.352 e. The van der Waals surface area contributed by atoms with Crippen LogP contribution in [0.5, 0.6) is 0 Å². The lowest BCUT2D eigenvalue weighted by atomic mass is 10.1. The summed E-state index contributed by atoms with van der Waals surface area (Å²) in [5.41, 5.74) is 3.04. The van der Waals surface area contributed by atoms with E-state index in [2.05, 4.69) is 17.2 Å². The van der Waals surface area contributed by atoms with E-state index >= 15 is 0 Å². The Hall–Kier alpha value is -2.53. The van der Waals surface area contributed by atoms with Crippen LogP contribution in [-0.4, -0.2) is 5.91 Å².